The normalized spacial score (nSPS) is 12.5. The van der Waals surface area contributed by atoms with Crippen LogP contribution in [0.4, 0.5) is 0 Å². The first kappa shape index (κ1) is 14.0. The van der Waals surface area contributed by atoms with Crippen LogP contribution in [-0.2, 0) is 0 Å². The van der Waals surface area contributed by atoms with Gasteiger partial charge in [0.2, 0.25) is 0 Å². The highest BCUT2D eigenvalue weighted by Crippen LogP contribution is 2.29. The topological polar surface area (TPSA) is 64.7 Å². The monoisotopic (exact) mass is 274 g/mol. The number of hydrogen-bond acceptors (Lipinski definition) is 5. The van der Waals surface area contributed by atoms with Gasteiger partial charge in [-0.05, 0) is 51.1 Å². The summed E-state index contributed by atoms with van der Waals surface area (Å²) in [6, 6.07) is 3.84. The molecule has 0 aliphatic heterocycles. The second-order valence-corrected chi connectivity index (χ2v) is 5.55. The van der Waals surface area contributed by atoms with Crippen LogP contribution in [0, 0.1) is 20.8 Å². The molecule has 0 saturated heterocycles. The van der Waals surface area contributed by atoms with Gasteiger partial charge in [-0.2, -0.15) is 0 Å². The summed E-state index contributed by atoms with van der Waals surface area (Å²) in [7, 11) is 0. The predicted octanol–water partition coefficient (Wildman–Crippen LogP) is 2.97. The van der Waals surface area contributed by atoms with Gasteiger partial charge in [-0.1, -0.05) is 6.07 Å². The first-order valence-electron chi connectivity index (χ1n) is 6.19. The van der Waals surface area contributed by atoms with Gasteiger partial charge >= 0.3 is 0 Å². The molecule has 2 aromatic heterocycles. The molecule has 0 fully saturated rings. The maximum absolute atomic E-state index is 5.96. The van der Waals surface area contributed by atoms with Gasteiger partial charge in [0, 0.05) is 29.2 Å². The highest BCUT2D eigenvalue weighted by Gasteiger charge is 2.12. The molecule has 5 heteroatoms. The predicted molar refractivity (Wildman–Crippen MR) is 77.2 cm³/mol. The third-order valence-electron chi connectivity index (χ3n) is 3.09. The molecule has 2 aromatic rings. The van der Waals surface area contributed by atoms with Gasteiger partial charge in [0.1, 0.15) is 5.03 Å². The molecule has 0 radical (unpaired) electrons. The number of pyridine rings is 1. The Morgan fingerprint density at radius 1 is 1.16 bits per heavy atom. The summed E-state index contributed by atoms with van der Waals surface area (Å²) < 4.78 is 0. The lowest BCUT2D eigenvalue weighted by Crippen LogP contribution is -2.07. The fourth-order valence-corrected chi connectivity index (χ4v) is 2.73. The molecule has 100 valence electrons. The third-order valence-corrected chi connectivity index (χ3v) is 3.99. The maximum atomic E-state index is 5.96. The van der Waals surface area contributed by atoms with Crippen molar-refractivity contribution in [2.24, 2.45) is 5.73 Å². The summed E-state index contributed by atoms with van der Waals surface area (Å²) in [5.41, 5.74) is 10.1. The van der Waals surface area contributed by atoms with Gasteiger partial charge in [0.25, 0.3) is 0 Å². The van der Waals surface area contributed by atoms with E-state index in [1.54, 1.807) is 6.20 Å². The van der Waals surface area contributed by atoms with Crippen molar-refractivity contribution in [2.45, 2.75) is 43.9 Å². The molecule has 0 aromatic carbocycles. The molecular weight excluding hydrogens is 256 g/mol. The third kappa shape index (κ3) is 3.11. The standard InChI is InChI=1S/C14H18N4S/c1-8-10(3)17-14(18-11(8)4)19-13-12(9(2)15)6-5-7-16-13/h5-7,9H,15H2,1-4H3. The van der Waals surface area contributed by atoms with Crippen molar-refractivity contribution in [1.29, 1.82) is 0 Å². The molecule has 0 amide bonds. The quantitative estimate of drug-likeness (QED) is 0.872. The molecule has 2 heterocycles. The molecule has 19 heavy (non-hydrogen) atoms. The maximum Gasteiger partial charge on any atom is 0.194 e. The smallest absolute Gasteiger partial charge is 0.194 e. The van der Waals surface area contributed by atoms with E-state index in [4.69, 9.17) is 5.73 Å². The molecule has 2 rings (SSSR count). The zero-order valence-electron chi connectivity index (χ0n) is 11.6. The van der Waals surface area contributed by atoms with Gasteiger partial charge in [-0.15, -0.1) is 0 Å². The van der Waals surface area contributed by atoms with Gasteiger partial charge in [0.15, 0.2) is 5.16 Å². The van der Waals surface area contributed by atoms with Crippen LogP contribution in [0.15, 0.2) is 28.5 Å². The fraction of sp³-hybridized carbons (Fsp3) is 0.357. The van der Waals surface area contributed by atoms with E-state index in [-0.39, 0.29) is 6.04 Å². The van der Waals surface area contributed by atoms with E-state index in [1.807, 2.05) is 39.8 Å². The van der Waals surface area contributed by atoms with Crippen LogP contribution in [-0.4, -0.2) is 15.0 Å². The van der Waals surface area contributed by atoms with Crippen LogP contribution in [0.2, 0.25) is 0 Å². The van der Waals surface area contributed by atoms with Crippen LogP contribution in [0.25, 0.3) is 0 Å². The number of aromatic nitrogens is 3. The molecule has 1 unspecified atom stereocenters. The summed E-state index contributed by atoms with van der Waals surface area (Å²) in [5, 5.41) is 1.60. The molecule has 4 nitrogen and oxygen atoms in total. The minimum Gasteiger partial charge on any atom is -0.324 e. The SMILES string of the molecule is Cc1nc(Sc2ncccc2C(C)N)nc(C)c1C. The van der Waals surface area contributed by atoms with Crippen molar-refractivity contribution < 1.29 is 0 Å². The molecule has 0 aliphatic carbocycles. The Morgan fingerprint density at radius 2 is 1.79 bits per heavy atom. The zero-order valence-corrected chi connectivity index (χ0v) is 12.5. The van der Waals surface area contributed by atoms with E-state index in [9.17, 15) is 0 Å². The van der Waals surface area contributed by atoms with Gasteiger partial charge in [-0.3, -0.25) is 0 Å². The second-order valence-electron chi connectivity index (χ2n) is 4.59. The summed E-state index contributed by atoms with van der Waals surface area (Å²) in [5.74, 6) is 0. The first-order chi connectivity index (χ1) is 8.99. The number of aryl methyl sites for hydroxylation is 2. The average molecular weight is 274 g/mol. The van der Waals surface area contributed by atoms with Crippen molar-refractivity contribution in [3.63, 3.8) is 0 Å². The van der Waals surface area contributed by atoms with Crippen molar-refractivity contribution >= 4 is 11.8 Å². The summed E-state index contributed by atoms with van der Waals surface area (Å²) >= 11 is 1.47. The molecular formula is C14H18N4S. The fourth-order valence-electron chi connectivity index (χ4n) is 1.71. The second kappa shape index (κ2) is 5.67. The van der Waals surface area contributed by atoms with Crippen LogP contribution in [0.5, 0.6) is 0 Å². The zero-order chi connectivity index (χ0) is 14.0. The Hall–Kier alpha value is -1.46. The lowest BCUT2D eigenvalue weighted by Gasteiger charge is -2.11. The molecule has 0 saturated carbocycles. The molecule has 0 aliphatic rings. The average Bonchev–Trinajstić information content (AvgIpc) is 2.36. The van der Waals surface area contributed by atoms with Crippen LogP contribution in [0.3, 0.4) is 0 Å². The highest BCUT2D eigenvalue weighted by molar-refractivity contribution is 7.99. The van der Waals surface area contributed by atoms with E-state index in [2.05, 4.69) is 15.0 Å². The van der Waals surface area contributed by atoms with Gasteiger partial charge in [0.05, 0.1) is 0 Å². The van der Waals surface area contributed by atoms with Crippen LogP contribution >= 0.6 is 11.8 Å². The Bertz CT molecular complexity index is 573. The van der Waals surface area contributed by atoms with Gasteiger partial charge in [-0.25, -0.2) is 15.0 Å². The van der Waals surface area contributed by atoms with Crippen LogP contribution in [0.1, 0.15) is 35.5 Å². The molecule has 1 atom stereocenters. The lowest BCUT2D eigenvalue weighted by atomic mass is 10.2. The molecule has 0 spiro atoms. The Labute approximate surface area is 117 Å². The summed E-state index contributed by atoms with van der Waals surface area (Å²) in [6.07, 6.45) is 1.77. The highest BCUT2D eigenvalue weighted by atomic mass is 32.2. The van der Waals surface area contributed by atoms with Crippen LogP contribution < -0.4 is 5.73 Å². The number of nitrogens with zero attached hydrogens (tertiary/aromatic N) is 3. The van der Waals surface area contributed by atoms with Crippen molar-refractivity contribution in [3.05, 3.63) is 40.8 Å². The lowest BCUT2D eigenvalue weighted by molar-refractivity contribution is 0.777. The summed E-state index contributed by atoms with van der Waals surface area (Å²) in [6.45, 7) is 7.98. The van der Waals surface area contributed by atoms with Gasteiger partial charge < -0.3 is 5.73 Å². The summed E-state index contributed by atoms with van der Waals surface area (Å²) in [4.78, 5) is 13.4. The molecule has 0 bridgehead atoms. The Kier molecular flexibility index (Phi) is 4.17. The number of nitrogens with two attached hydrogens (primary N) is 1. The largest absolute Gasteiger partial charge is 0.324 e. The first-order valence-corrected chi connectivity index (χ1v) is 7.01. The van der Waals surface area contributed by atoms with Crippen molar-refractivity contribution in [2.75, 3.05) is 0 Å². The van der Waals surface area contributed by atoms with E-state index in [1.165, 1.54) is 11.8 Å². The number of rotatable bonds is 3. The minimum atomic E-state index is -0.0520. The van der Waals surface area contributed by atoms with E-state index >= 15 is 0 Å². The Morgan fingerprint density at radius 3 is 2.37 bits per heavy atom. The van der Waals surface area contributed by atoms with E-state index in [0.29, 0.717) is 0 Å². The van der Waals surface area contributed by atoms with E-state index in [0.717, 1.165) is 32.7 Å². The molecule has 2 N–H and O–H groups in total. The Balaban J connectivity index is 2.37. The van der Waals surface area contributed by atoms with Crippen molar-refractivity contribution in [3.8, 4) is 0 Å². The van der Waals surface area contributed by atoms with E-state index < -0.39 is 0 Å². The minimum absolute atomic E-state index is 0.0520. The number of hydrogen-bond donors (Lipinski definition) is 1. The van der Waals surface area contributed by atoms with Crippen molar-refractivity contribution in [1.82, 2.24) is 15.0 Å².